The second kappa shape index (κ2) is 11.6. The smallest absolute Gasteiger partial charge is 0.410 e. The summed E-state index contributed by atoms with van der Waals surface area (Å²) < 4.78 is 12.0. The highest BCUT2D eigenvalue weighted by molar-refractivity contribution is 5.76. The summed E-state index contributed by atoms with van der Waals surface area (Å²) >= 11 is 0. The third-order valence-corrected chi connectivity index (χ3v) is 8.09. The van der Waals surface area contributed by atoms with Gasteiger partial charge in [-0.25, -0.2) is 9.78 Å². The molecule has 3 aromatic rings. The van der Waals surface area contributed by atoms with Crippen molar-refractivity contribution in [3.8, 4) is 23.1 Å². The molecule has 1 saturated heterocycles. The lowest BCUT2D eigenvalue weighted by Gasteiger charge is -2.32. The number of rotatable bonds is 6. The number of pyridine rings is 1. The summed E-state index contributed by atoms with van der Waals surface area (Å²) in [7, 11) is 0. The van der Waals surface area contributed by atoms with Crippen LogP contribution in [0.3, 0.4) is 0 Å². The van der Waals surface area contributed by atoms with Crippen molar-refractivity contribution in [2.75, 3.05) is 24.5 Å². The van der Waals surface area contributed by atoms with Crippen molar-refractivity contribution < 1.29 is 24.2 Å². The molecule has 3 heterocycles. The van der Waals surface area contributed by atoms with Gasteiger partial charge in [-0.15, -0.1) is 0 Å². The molecule has 2 aliphatic rings. The van der Waals surface area contributed by atoms with Crippen LogP contribution in [0.2, 0.25) is 0 Å². The first-order valence-electron chi connectivity index (χ1n) is 14.6. The summed E-state index contributed by atoms with van der Waals surface area (Å²) in [5.41, 5.74) is 4.45. The number of carbonyl (C=O) groups is 2. The molecule has 1 fully saturated rings. The molecule has 0 radical (unpaired) electrons. The molecule has 224 valence electrons. The van der Waals surface area contributed by atoms with Crippen LogP contribution in [-0.4, -0.2) is 52.3 Å². The van der Waals surface area contributed by atoms with E-state index in [-0.39, 0.29) is 12.7 Å². The topological polar surface area (TPSA) is 116 Å². The summed E-state index contributed by atoms with van der Waals surface area (Å²) in [6.07, 6.45) is 0.818. The van der Waals surface area contributed by atoms with Gasteiger partial charge < -0.3 is 24.4 Å². The maximum Gasteiger partial charge on any atom is 0.410 e. The van der Waals surface area contributed by atoms with Gasteiger partial charge >= 0.3 is 12.1 Å². The summed E-state index contributed by atoms with van der Waals surface area (Å²) in [4.78, 5) is 33.0. The molecule has 0 aliphatic carbocycles. The number of carboxylic acid groups (broad SMARTS) is 1. The third kappa shape index (κ3) is 6.43. The summed E-state index contributed by atoms with van der Waals surface area (Å²) in [5.74, 6) is 0.655. The van der Waals surface area contributed by atoms with Crippen LogP contribution in [0.15, 0.2) is 48.5 Å². The first kappa shape index (κ1) is 29.9. The average Bonchev–Trinajstić information content (AvgIpc) is 3.38. The van der Waals surface area contributed by atoms with Crippen LogP contribution in [0.1, 0.15) is 61.9 Å². The Morgan fingerprint density at radius 2 is 1.91 bits per heavy atom. The van der Waals surface area contributed by atoms with Crippen LogP contribution in [0.4, 0.5) is 10.6 Å². The first-order chi connectivity index (χ1) is 20.4. The van der Waals surface area contributed by atoms with Gasteiger partial charge in [0.2, 0.25) is 0 Å². The largest absolute Gasteiger partial charge is 0.488 e. The predicted molar refractivity (Wildman–Crippen MR) is 163 cm³/mol. The van der Waals surface area contributed by atoms with Gasteiger partial charge in [-0.2, -0.15) is 5.26 Å². The Balaban J connectivity index is 1.36. The number of hydrogen-bond acceptors (Lipinski definition) is 7. The van der Waals surface area contributed by atoms with Crippen molar-refractivity contribution in [1.29, 1.82) is 5.26 Å². The highest BCUT2D eigenvalue weighted by atomic mass is 16.6. The number of fused-ring (bicyclic) bond motifs is 1. The van der Waals surface area contributed by atoms with Gasteiger partial charge in [-0.1, -0.05) is 24.3 Å². The van der Waals surface area contributed by atoms with Crippen LogP contribution in [0, 0.1) is 23.7 Å². The molecular weight excluding hydrogens is 544 g/mol. The Bertz CT molecular complexity index is 1610. The van der Waals surface area contributed by atoms with Crippen LogP contribution in [0.5, 0.6) is 5.75 Å². The molecule has 0 unspecified atom stereocenters. The number of aliphatic carboxylic acids is 1. The van der Waals surface area contributed by atoms with E-state index in [1.165, 1.54) is 0 Å². The Hall–Kier alpha value is -4.58. The number of para-hydroxylation sites is 1. The van der Waals surface area contributed by atoms with Crippen LogP contribution in [0.25, 0.3) is 11.3 Å². The molecule has 1 amide bonds. The number of carboxylic acids is 1. The number of aryl methyl sites for hydroxylation is 1. The van der Waals surface area contributed by atoms with E-state index in [2.05, 4.69) is 12.1 Å². The van der Waals surface area contributed by atoms with E-state index < -0.39 is 17.0 Å². The number of nitrogens with zero attached hydrogens (tertiary/aromatic N) is 4. The minimum atomic E-state index is -0.791. The lowest BCUT2D eigenvalue weighted by Crippen LogP contribution is -2.40. The Kier molecular flexibility index (Phi) is 8.06. The fourth-order valence-electron chi connectivity index (χ4n) is 5.68. The van der Waals surface area contributed by atoms with Gasteiger partial charge in [-0.05, 0) is 94.0 Å². The summed E-state index contributed by atoms with van der Waals surface area (Å²) in [6.45, 7) is 11.4. The van der Waals surface area contributed by atoms with E-state index in [0.717, 1.165) is 39.3 Å². The van der Waals surface area contributed by atoms with E-state index in [1.54, 1.807) is 11.8 Å². The van der Waals surface area contributed by atoms with E-state index in [0.29, 0.717) is 50.3 Å². The van der Waals surface area contributed by atoms with Gasteiger partial charge in [0.1, 0.15) is 23.8 Å². The maximum atomic E-state index is 12.7. The maximum absolute atomic E-state index is 12.7. The van der Waals surface area contributed by atoms with Crippen molar-refractivity contribution in [2.24, 2.45) is 5.41 Å². The highest BCUT2D eigenvalue weighted by Gasteiger charge is 2.41. The highest BCUT2D eigenvalue weighted by Crippen LogP contribution is 2.36. The third-order valence-electron chi connectivity index (χ3n) is 8.09. The van der Waals surface area contributed by atoms with Gasteiger partial charge in [0.25, 0.3) is 0 Å². The number of ether oxygens (including phenoxy) is 2. The fourth-order valence-corrected chi connectivity index (χ4v) is 5.68. The van der Waals surface area contributed by atoms with Gasteiger partial charge in [0, 0.05) is 25.2 Å². The Labute approximate surface area is 252 Å². The summed E-state index contributed by atoms with van der Waals surface area (Å²) in [6, 6.07) is 17.9. The zero-order chi connectivity index (χ0) is 30.9. The molecular formula is C34H38N4O5. The van der Waals surface area contributed by atoms with E-state index in [4.69, 9.17) is 14.5 Å². The predicted octanol–water partition coefficient (Wildman–Crippen LogP) is 6.10. The Morgan fingerprint density at radius 3 is 2.60 bits per heavy atom. The van der Waals surface area contributed by atoms with E-state index in [9.17, 15) is 20.0 Å². The lowest BCUT2D eigenvalue weighted by molar-refractivity contribution is -0.146. The number of amides is 1. The molecule has 0 spiro atoms. The van der Waals surface area contributed by atoms with Crippen LogP contribution >= 0.6 is 0 Å². The zero-order valence-electron chi connectivity index (χ0n) is 25.4. The van der Waals surface area contributed by atoms with Crippen molar-refractivity contribution in [3.63, 3.8) is 0 Å². The minimum absolute atomic E-state index is 0.262. The van der Waals surface area contributed by atoms with Gasteiger partial charge in [0.05, 0.1) is 29.3 Å². The second-order valence-corrected chi connectivity index (χ2v) is 12.7. The molecule has 0 saturated carbocycles. The standard InChI is InChI=1S/C34H38N4O5/c1-22-8-6-9-26(28-10-7-11-29(36-28)38-15-13-34(5,21-38)31(39)40)30(22)42-20-23-16-24-12-14-37(32(41)43-33(2,3)4)19-27(24)25(17-23)18-35/h6-11,16-17H,12-15,19-21H2,1-5H3,(H,39,40)/t34-/m1/s1. The molecule has 1 aromatic heterocycles. The van der Waals surface area contributed by atoms with Crippen LogP contribution < -0.4 is 9.64 Å². The van der Waals surface area contributed by atoms with E-state index in [1.807, 2.05) is 75.1 Å². The zero-order valence-corrected chi connectivity index (χ0v) is 25.4. The molecule has 1 atom stereocenters. The molecule has 1 N–H and O–H groups in total. The summed E-state index contributed by atoms with van der Waals surface area (Å²) in [5, 5.41) is 19.6. The number of carbonyl (C=O) groups excluding carboxylic acids is 1. The van der Waals surface area contributed by atoms with Crippen molar-refractivity contribution >= 4 is 17.9 Å². The lowest BCUT2D eigenvalue weighted by atomic mass is 9.90. The number of anilines is 1. The van der Waals surface area contributed by atoms with Crippen molar-refractivity contribution in [3.05, 3.63) is 76.3 Å². The average molecular weight is 583 g/mol. The number of aromatic nitrogens is 1. The Morgan fingerprint density at radius 1 is 1.14 bits per heavy atom. The molecule has 9 nitrogen and oxygen atoms in total. The number of nitriles is 1. The molecule has 2 aromatic carbocycles. The van der Waals surface area contributed by atoms with Crippen molar-refractivity contribution in [2.45, 2.75) is 66.2 Å². The monoisotopic (exact) mass is 582 g/mol. The fraction of sp³-hybridized carbons (Fsp3) is 0.412. The molecule has 5 rings (SSSR count). The first-order valence-corrected chi connectivity index (χ1v) is 14.6. The SMILES string of the molecule is Cc1cccc(-c2cccc(N3CC[C@@](C)(C(=O)O)C3)n2)c1OCc1cc(C#N)c2c(c1)CCN(C(=O)OC(C)(C)C)C2. The quantitative estimate of drug-likeness (QED) is 0.371. The molecule has 2 aliphatic heterocycles. The van der Waals surface area contributed by atoms with E-state index >= 15 is 0 Å². The second-order valence-electron chi connectivity index (χ2n) is 12.7. The normalized spacial score (nSPS) is 18.1. The molecule has 0 bridgehead atoms. The minimum Gasteiger partial charge on any atom is -0.488 e. The molecule has 43 heavy (non-hydrogen) atoms. The van der Waals surface area contributed by atoms with Gasteiger partial charge in [-0.3, -0.25) is 4.79 Å². The van der Waals surface area contributed by atoms with Crippen LogP contribution in [-0.2, 0) is 29.1 Å². The van der Waals surface area contributed by atoms with Gasteiger partial charge in [0.15, 0.2) is 0 Å². The number of benzene rings is 2. The molecule has 9 heteroatoms. The van der Waals surface area contributed by atoms with Crippen molar-refractivity contribution in [1.82, 2.24) is 9.88 Å². The number of hydrogen-bond donors (Lipinski definition) is 1.